The Morgan fingerprint density at radius 3 is 2.14 bits per heavy atom. The summed E-state index contributed by atoms with van der Waals surface area (Å²) in [7, 11) is 0. The second-order valence-electron chi connectivity index (χ2n) is 8.14. The molecule has 0 radical (unpaired) electrons. The van der Waals surface area contributed by atoms with E-state index in [1.807, 2.05) is 53.4 Å². The van der Waals surface area contributed by atoms with Gasteiger partial charge in [0, 0.05) is 18.7 Å². The molecule has 0 spiro atoms. The van der Waals surface area contributed by atoms with E-state index in [-0.39, 0.29) is 24.3 Å². The van der Waals surface area contributed by atoms with Crippen LogP contribution in [0.3, 0.4) is 0 Å². The van der Waals surface area contributed by atoms with Crippen LogP contribution in [0.5, 0.6) is 0 Å². The van der Waals surface area contributed by atoms with Crippen LogP contribution in [0.1, 0.15) is 41.2 Å². The summed E-state index contributed by atoms with van der Waals surface area (Å²) in [6, 6.07) is 18.6. The van der Waals surface area contributed by atoms with Crippen molar-refractivity contribution in [3.63, 3.8) is 0 Å². The van der Waals surface area contributed by atoms with Gasteiger partial charge in [-0.2, -0.15) is 0 Å². The Morgan fingerprint density at radius 2 is 1.52 bits per heavy atom. The number of hydrogen-bond acceptors (Lipinski definition) is 3. The standard InChI is InChI=1S/C24H29N3O2/c28-23(27-13-11-20-16-25-17-21(20)12-14-27)15-22(18-7-3-1-4-8-18)26-24(29)19-9-5-2-6-10-19/h1-10,20-22,25H,11-17H2,(H,26,29)/t20-,21+,22?. The Labute approximate surface area is 172 Å². The highest BCUT2D eigenvalue weighted by molar-refractivity contribution is 5.94. The molecule has 0 aromatic heterocycles. The number of hydrogen-bond donors (Lipinski definition) is 2. The minimum absolute atomic E-state index is 0.125. The molecule has 2 heterocycles. The summed E-state index contributed by atoms with van der Waals surface area (Å²) in [6.07, 6.45) is 2.42. The molecule has 2 aromatic carbocycles. The zero-order chi connectivity index (χ0) is 20.1. The quantitative estimate of drug-likeness (QED) is 0.824. The molecule has 2 aromatic rings. The fourth-order valence-electron chi connectivity index (χ4n) is 4.54. The van der Waals surface area contributed by atoms with Gasteiger partial charge >= 0.3 is 0 Å². The van der Waals surface area contributed by atoms with Gasteiger partial charge in [-0.15, -0.1) is 0 Å². The Morgan fingerprint density at radius 1 is 0.931 bits per heavy atom. The lowest BCUT2D eigenvalue weighted by Gasteiger charge is -2.25. The first-order valence-corrected chi connectivity index (χ1v) is 10.6. The summed E-state index contributed by atoms with van der Waals surface area (Å²) in [6.45, 7) is 3.78. The predicted molar refractivity (Wildman–Crippen MR) is 113 cm³/mol. The fraction of sp³-hybridized carbons (Fsp3) is 0.417. The summed E-state index contributed by atoms with van der Waals surface area (Å²) in [5.41, 5.74) is 1.57. The van der Waals surface area contributed by atoms with Gasteiger partial charge in [-0.1, -0.05) is 48.5 Å². The summed E-state index contributed by atoms with van der Waals surface area (Å²) in [5, 5.41) is 6.55. The van der Waals surface area contributed by atoms with Crippen LogP contribution in [0.15, 0.2) is 60.7 Å². The van der Waals surface area contributed by atoms with Crippen molar-refractivity contribution in [2.24, 2.45) is 11.8 Å². The molecule has 2 saturated heterocycles. The monoisotopic (exact) mass is 391 g/mol. The van der Waals surface area contributed by atoms with Crippen LogP contribution in [0.25, 0.3) is 0 Å². The lowest BCUT2D eigenvalue weighted by atomic mass is 9.92. The maximum atomic E-state index is 13.1. The summed E-state index contributed by atoms with van der Waals surface area (Å²) >= 11 is 0. The molecule has 4 rings (SSSR count). The van der Waals surface area contributed by atoms with E-state index in [0.717, 1.165) is 44.6 Å². The predicted octanol–water partition coefficient (Wildman–Crippen LogP) is 3.01. The third-order valence-corrected chi connectivity index (χ3v) is 6.29. The van der Waals surface area contributed by atoms with Crippen molar-refractivity contribution in [2.45, 2.75) is 25.3 Å². The molecule has 2 amide bonds. The minimum Gasteiger partial charge on any atom is -0.345 e. The number of carbonyl (C=O) groups excluding carboxylic acids is 2. The maximum Gasteiger partial charge on any atom is 0.251 e. The Kier molecular flexibility index (Phi) is 6.25. The number of nitrogens with zero attached hydrogens (tertiary/aromatic N) is 1. The van der Waals surface area contributed by atoms with Crippen molar-refractivity contribution in [2.75, 3.05) is 26.2 Å². The summed E-state index contributed by atoms with van der Waals surface area (Å²) in [5.74, 6) is 1.36. The average Bonchev–Trinajstić information content (AvgIpc) is 3.12. The molecule has 5 nitrogen and oxygen atoms in total. The lowest BCUT2D eigenvalue weighted by Crippen LogP contribution is -2.37. The van der Waals surface area contributed by atoms with Gasteiger partial charge in [-0.3, -0.25) is 9.59 Å². The molecular formula is C24H29N3O2. The molecule has 0 bridgehead atoms. The highest BCUT2D eigenvalue weighted by Gasteiger charge is 2.32. The van der Waals surface area contributed by atoms with Crippen LogP contribution in [-0.2, 0) is 4.79 Å². The van der Waals surface area contributed by atoms with Crippen LogP contribution < -0.4 is 10.6 Å². The third kappa shape index (κ3) is 4.85. The molecule has 1 unspecified atom stereocenters. The van der Waals surface area contributed by atoms with E-state index in [0.29, 0.717) is 17.4 Å². The van der Waals surface area contributed by atoms with E-state index in [4.69, 9.17) is 0 Å². The fourth-order valence-corrected chi connectivity index (χ4v) is 4.54. The van der Waals surface area contributed by atoms with Crippen molar-refractivity contribution < 1.29 is 9.59 Å². The minimum atomic E-state index is -0.333. The second-order valence-corrected chi connectivity index (χ2v) is 8.14. The number of rotatable bonds is 5. The van der Waals surface area contributed by atoms with E-state index in [9.17, 15) is 9.59 Å². The van der Waals surface area contributed by atoms with Crippen molar-refractivity contribution in [1.29, 1.82) is 0 Å². The molecule has 2 fully saturated rings. The Bertz CT molecular complexity index is 811. The van der Waals surface area contributed by atoms with Gasteiger partial charge in [-0.25, -0.2) is 0 Å². The first-order chi connectivity index (χ1) is 14.2. The topological polar surface area (TPSA) is 61.4 Å². The first kappa shape index (κ1) is 19.6. The molecular weight excluding hydrogens is 362 g/mol. The molecule has 2 aliphatic heterocycles. The highest BCUT2D eigenvalue weighted by Crippen LogP contribution is 2.28. The van der Waals surface area contributed by atoms with Crippen molar-refractivity contribution >= 4 is 11.8 Å². The Balaban J connectivity index is 1.45. The molecule has 0 aliphatic carbocycles. The van der Waals surface area contributed by atoms with Crippen molar-refractivity contribution in [3.8, 4) is 0 Å². The van der Waals surface area contributed by atoms with Gasteiger partial charge in [0.05, 0.1) is 12.5 Å². The third-order valence-electron chi connectivity index (χ3n) is 6.29. The largest absolute Gasteiger partial charge is 0.345 e. The van der Waals surface area contributed by atoms with Crippen LogP contribution >= 0.6 is 0 Å². The number of amides is 2. The van der Waals surface area contributed by atoms with E-state index < -0.39 is 0 Å². The molecule has 152 valence electrons. The molecule has 0 saturated carbocycles. The highest BCUT2D eigenvalue weighted by atomic mass is 16.2. The molecule has 3 atom stereocenters. The molecule has 29 heavy (non-hydrogen) atoms. The smallest absolute Gasteiger partial charge is 0.251 e. The van der Waals surface area contributed by atoms with Gasteiger partial charge in [-0.05, 0) is 55.5 Å². The van der Waals surface area contributed by atoms with Gasteiger partial charge in [0.25, 0.3) is 5.91 Å². The molecule has 5 heteroatoms. The van der Waals surface area contributed by atoms with Crippen LogP contribution in [0, 0.1) is 11.8 Å². The van der Waals surface area contributed by atoms with Crippen molar-refractivity contribution in [3.05, 3.63) is 71.8 Å². The zero-order valence-electron chi connectivity index (χ0n) is 16.7. The van der Waals surface area contributed by atoms with Crippen molar-refractivity contribution in [1.82, 2.24) is 15.5 Å². The number of nitrogens with one attached hydrogen (secondary N) is 2. The number of fused-ring (bicyclic) bond motifs is 1. The number of benzene rings is 2. The zero-order valence-corrected chi connectivity index (χ0v) is 16.7. The molecule has 2 aliphatic rings. The first-order valence-electron chi connectivity index (χ1n) is 10.6. The van der Waals surface area contributed by atoms with E-state index in [2.05, 4.69) is 10.6 Å². The van der Waals surface area contributed by atoms with Gasteiger partial charge in [0.2, 0.25) is 5.91 Å². The normalized spacial score (nSPS) is 22.4. The summed E-state index contributed by atoms with van der Waals surface area (Å²) in [4.78, 5) is 27.9. The maximum absolute atomic E-state index is 13.1. The number of carbonyl (C=O) groups is 2. The molecule has 2 N–H and O–H groups in total. The van der Waals surface area contributed by atoms with Gasteiger partial charge in [0.15, 0.2) is 0 Å². The number of likely N-dealkylation sites (tertiary alicyclic amines) is 1. The van der Waals surface area contributed by atoms with E-state index >= 15 is 0 Å². The van der Waals surface area contributed by atoms with Gasteiger partial charge in [0.1, 0.15) is 0 Å². The SMILES string of the molecule is O=C(NC(CC(=O)N1CC[C@@H]2CNC[C@@H]2CC1)c1ccccc1)c1ccccc1. The lowest BCUT2D eigenvalue weighted by molar-refractivity contribution is -0.131. The van der Waals surface area contributed by atoms with E-state index in [1.165, 1.54) is 0 Å². The second kappa shape index (κ2) is 9.23. The average molecular weight is 392 g/mol. The van der Waals surface area contributed by atoms with E-state index in [1.54, 1.807) is 12.1 Å². The van der Waals surface area contributed by atoms with Crippen LogP contribution in [0.2, 0.25) is 0 Å². The summed E-state index contributed by atoms with van der Waals surface area (Å²) < 4.78 is 0. The van der Waals surface area contributed by atoms with Crippen LogP contribution in [-0.4, -0.2) is 42.9 Å². The van der Waals surface area contributed by atoms with Crippen LogP contribution in [0.4, 0.5) is 0 Å². The Hall–Kier alpha value is -2.66. The van der Waals surface area contributed by atoms with Gasteiger partial charge < -0.3 is 15.5 Å².